The monoisotopic (exact) mass is 352 g/mol. The highest BCUT2D eigenvalue weighted by Gasteiger charge is 2.32. The molecule has 0 spiro atoms. The molecule has 0 unspecified atom stereocenters. The molecular weight excluding hydrogens is 328 g/mol. The number of nitrogens with one attached hydrogen (secondary N) is 1. The molecule has 1 atom stereocenters. The maximum absolute atomic E-state index is 12.8. The molecule has 2 amide bonds. The Balaban J connectivity index is 1.66. The van der Waals surface area contributed by atoms with E-state index in [0.29, 0.717) is 12.2 Å². The zero-order chi connectivity index (χ0) is 18.5. The number of benzene rings is 2. The van der Waals surface area contributed by atoms with Crippen molar-refractivity contribution in [3.05, 3.63) is 59.7 Å². The molecule has 136 valence electrons. The van der Waals surface area contributed by atoms with Crippen LogP contribution in [-0.4, -0.2) is 31.5 Å². The Hall–Kier alpha value is -2.82. The zero-order valence-electron chi connectivity index (χ0n) is 15.2. The molecule has 0 aromatic heterocycles. The van der Waals surface area contributed by atoms with Crippen molar-refractivity contribution < 1.29 is 14.3 Å². The zero-order valence-corrected chi connectivity index (χ0v) is 15.2. The molecule has 0 aliphatic carbocycles. The van der Waals surface area contributed by atoms with Gasteiger partial charge in [0, 0.05) is 13.5 Å². The lowest BCUT2D eigenvalue weighted by Crippen LogP contribution is -2.50. The fourth-order valence-corrected chi connectivity index (χ4v) is 3.10. The Labute approximate surface area is 154 Å². The highest BCUT2D eigenvalue weighted by molar-refractivity contribution is 5.97. The number of carbonyl (C=O) groups excluding carboxylic acids is 2. The van der Waals surface area contributed by atoms with Gasteiger partial charge < -0.3 is 15.0 Å². The van der Waals surface area contributed by atoms with Gasteiger partial charge in [-0.1, -0.05) is 42.0 Å². The van der Waals surface area contributed by atoms with E-state index in [1.54, 1.807) is 18.0 Å². The summed E-state index contributed by atoms with van der Waals surface area (Å²) in [6.07, 6.45) is 1.38. The lowest BCUT2D eigenvalue weighted by Gasteiger charge is -2.34. The number of nitrogens with zero attached hydrogens (tertiary/aromatic N) is 1. The number of aryl methyl sites for hydroxylation is 2. The van der Waals surface area contributed by atoms with Crippen molar-refractivity contribution in [2.75, 3.05) is 18.5 Å². The van der Waals surface area contributed by atoms with Crippen LogP contribution in [0, 0.1) is 6.92 Å². The minimum atomic E-state index is -0.684. The Kier molecular flexibility index (Phi) is 5.56. The van der Waals surface area contributed by atoms with Gasteiger partial charge in [-0.3, -0.25) is 9.59 Å². The van der Waals surface area contributed by atoms with Crippen LogP contribution in [0.25, 0.3) is 0 Å². The van der Waals surface area contributed by atoms with Gasteiger partial charge in [-0.25, -0.2) is 0 Å². The van der Waals surface area contributed by atoms with E-state index in [-0.39, 0.29) is 18.4 Å². The number of anilines is 1. The van der Waals surface area contributed by atoms with E-state index >= 15 is 0 Å². The van der Waals surface area contributed by atoms with Gasteiger partial charge >= 0.3 is 0 Å². The number of hydrogen-bond donors (Lipinski definition) is 1. The number of fused-ring (bicyclic) bond motifs is 1. The molecule has 5 heteroatoms. The van der Waals surface area contributed by atoms with E-state index in [2.05, 4.69) is 36.5 Å². The Morgan fingerprint density at radius 3 is 2.62 bits per heavy atom. The summed E-state index contributed by atoms with van der Waals surface area (Å²) >= 11 is 0. The molecule has 2 aromatic carbocycles. The molecule has 1 N–H and O–H groups in total. The number of likely N-dealkylation sites (N-methyl/N-ethyl adjacent to an activating group) is 1. The summed E-state index contributed by atoms with van der Waals surface area (Å²) in [5.74, 6) is 0.359. The number of ether oxygens (including phenoxy) is 1. The standard InChI is InChI=1S/C21H24N2O3/c1-15-10-12-16(13-11-15)6-5-9-20(24)23-14-19(21(25)22-2)26-18-8-4-3-7-17(18)23/h3-4,7-8,10-13,19H,5-6,9,14H2,1-2H3,(H,22,25)/t19-/m1/s1. The van der Waals surface area contributed by atoms with Gasteiger partial charge in [-0.15, -0.1) is 0 Å². The highest BCUT2D eigenvalue weighted by atomic mass is 16.5. The van der Waals surface area contributed by atoms with E-state index in [1.807, 2.05) is 18.2 Å². The quantitative estimate of drug-likeness (QED) is 0.900. The number of rotatable bonds is 5. The second-order valence-electron chi connectivity index (χ2n) is 6.53. The summed E-state index contributed by atoms with van der Waals surface area (Å²) in [4.78, 5) is 26.5. The minimum absolute atomic E-state index is 0.0155. The van der Waals surface area contributed by atoms with Gasteiger partial charge in [0.2, 0.25) is 5.91 Å². The second-order valence-corrected chi connectivity index (χ2v) is 6.53. The fraction of sp³-hybridized carbons (Fsp3) is 0.333. The van der Waals surface area contributed by atoms with Gasteiger partial charge in [0.1, 0.15) is 5.75 Å². The van der Waals surface area contributed by atoms with Gasteiger partial charge in [0.25, 0.3) is 5.91 Å². The van der Waals surface area contributed by atoms with Crippen LogP contribution in [-0.2, 0) is 16.0 Å². The van der Waals surface area contributed by atoms with Crippen molar-refractivity contribution in [2.24, 2.45) is 0 Å². The predicted octanol–water partition coefficient (Wildman–Crippen LogP) is 2.86. The Bertz CT molecular complexity index is 786. The largest absolute Gasteiger partial charge is 0.477 e. The van der Waals surface area contributed by atoms with Crippen LogP contribution in [0.3, 0.4) is 0 Å². The summed E-state index contributed by atoms with van der Waals surface area (Å²) in [6, 6.07) is 15.7. The Morgan fingerprint density at radius 2 is 1.88 bits per heavy atom. The van der Waals surface area contributed by atoms with E-state index in [0.717, 1.165) is 18.5 Å². The van der Waals surface area contributed by atoms with Crippen LogP contribution in [0.4, 0.5) is 5.69 Å². The summed E-state index contributed by atoms with van der Waals surface area (Å²) in [5.41, 5.74) is 3.19. The maximum atomic E-state index is 12.8. The van der Waals surface area contributed by atoms with Crippen molar-refractivity contribution in [1.82, 2.24) is 5.32 Å². The molecule has 1 heterocycles. The molecular formula is C21H24N2O3. The number of para-hydroxylation sites is 2. The summed E-state index contributed by atoms with van der Waals surface area (Å²) in [6.45, 7) is 2.30. The SMILES string of the molecule is CNC(=O)[C@H]1CN(C(=O)CCCc2ccc(C)cc2)c2ccccc2O1. The van der Waals surface area contributed by atoms with Crippen molar-refractivity contribution in [3.8, 4) is 5.75 Å². The van der Waals surface area contributed by atoms with Crippen molar-refractivity contribution in [2.45, 2.75) is 32.3 Å². The smallest absolute Gasteiger partial charge is 0.262 e. The molecule has 0 radical (unpaired) electrons. The summed E-state index contributed by atoms with van der Waals surface area (Å²) in [7, 11) is 1.57. The first-order valence-corrected chi connectivity index (χ1v) is 8.91. The molecule has 0 fully saturated rings. The van der Waals surface area contributed by atoms with Crippen LogP contribution in [0.5, 0.6) is 5.75 Å². The molecule has 3 rings (SSSR count). The topological polar surface area (TPSA) is 58.6 Å². The highest BCUT2D eigenvalue weighted by Crippen LogP contribution is 2.33. The summed E-state index contributed by atoms with van der Waals surface area (Å²) < 4.78 is 5.74. The van der Waals surface area contributed by atoms with Gasteiger partial charge in [0.15, 0.2) is 6.10 Å². The van der Waals surface area contributed by atoms with Crippen LogP contribution in [0.2, 0.25) is 0 Å². The number of carbonyl (C=O) groups is 2. The van der Waals surface area contributed by atoms with Gasteiger partial charge in [0.05, 0.1) is 12.2 Å². The van der Waals surface area contributed by atoms with Crippen LogP contribution < -0.4 is 15.0 Å². The second kappa shape index (κ2) is 8.04. The first kappa shape index (κ1) is 18.0. The first-order chi connectivity index (χ1) is 12.6. The van der Waals surface area contributed by atoms with Crippen molar-refractivity contribution in [1.29, 1.82) is 0 Å². The van der Waals surface area contributed by atoms with E-state index < -0.39 is 6.10 Å². The third-order valence-electron chi connectivity index (χ3n) is 4.59. The average molecular weight is 352 g/mol. The van der Waals surface area contributed by atoms with Crippen LogP contribution in [0.1, 0.15) is 24.0 Å². The van der Waals surface area contributed by atoms with E-state index in [9.17, 15) is 9.59 Å². The third-order valence-corrected chi connectivity index (χ3v) is 4.59. The molecule has 0 saturated heterocycles. The lowest BCUT2D eigenvalue weighted by molar-refractivity contribution is -0.127. The van der Waals surface area contributed by atoms with E-state index in [1.165, 1.54) is 11.1 Å². The van der Waals surface area contributed by atoms with Crippen LogP contribution >= 0.6 is 0 Å². The third kappa shape index (κ3) is 4.04. The molecule has 1 aliphatic rings. The number of amides is 2. The average Bonchev–Trinajstić information content (AvgIpc) is 2.67. The molecule has 1 aliphatic heterocycles. The van der Waals surface area contributed by atoms with Crippen molar-refractivity contribution in [3.63, 3.8) is 0 Å². The van der Waals surface area contributed by atoms with E-state index in [4.69, 9.17) is 4.74 Å². The molecule has 26 heavy (non-hydrogen) atoms. The van der Waals surface area contributed by atoms with Crippen LogP contribution in [0.15, 0.2) is 48.5 Å². The minimum Gasteiger partial charge on any atom is -0.477 e. The lowest BCUT2D eigenvalue weighted by atomic mass is 10.1. The molecule has 5 nitrogen and oxygen atoms in total. The van der Waals surface area contributed by atoms with Gasteiger partial charge in [-0.05, 0) is 37.5 Å². The summed E-state index contributed by atoms with van der Waals surface area (Å²) in [5, 5.41) is 2.59. The number of hydrogen-bond acceptors (Lipinski definition) is 3. The molecule has 2 aromatic rings. The maximum Gasteiger partial charge on any atom is 0.262 e. The van der Waals surface area contributed by atoms with Crippen molar-refractivity contribution >= 4 is 17.5 Å². The normalized spacial score (nSPS) is 15.8. The first-order valence-electron chi connectivity index (χ1n) is 8.91. The van der Waals surface area contributed by atoms with Gasteiger partial charge in [-0.2, -0.15) is 0 Å². The molecule has 0 saturated carbocycles. The predicted molar refractivity (Wildman–Crippen MR) is 101 cm³/mol. The fourth-order valence-electron chi connectivity index (χ4n) is 3.10. The molecule has 0 bridgehead atoms. The Morgan fingerprint density at radius 1 is 1.15 bits per heavy atom.